The lowest BCUT2D eigenvalue weighted by Gasteiger charge is -2.24. The molecule has 98 valence electrons. The van der Waals surface area contributed by atoms with E-state index >= 15 is 0 Å². The van der Waals surface area contributed by atoms with Crippen molar-refractivity contribution in [3.63, 3.8) is 0 Å². The number of nitrogens with one attached hydrogen (secondary N) is 1. The number of aryl methyl sites for hydroxylation is 1. The number of oxime groups is 1. The first-order chi connectivity index (χ1) is 8.56. The van der Waals surface area contributed by atoms with Gasteiger partial charge in [-0.2, -0.15) is 0 Å². The van der Waals surface area contributed by atoms with E-state index < -0.39 is 6.09 Å². The second kappa shape index (κ2) is 6.48. The van der Waals surface area contributed by atoms with Crippen molar-refractivity contribution in [2.24, 2.45) is 5.16 Å². The number of methoxy groups -OCH3 is 1. The first kappa shape index (κ1) is 13.8. The van der Waals surface area contributed by atoms with Crippen LogP contribution in [-0.4, -0.2) is 30.7 Å². The molecular weight excluding hydrogens is 234 g/mol. The molecule has 1 aromatic carbocycles. The Morgan fingerprint density at radius 1 is 1.56 bits per heavy atom. The average molecular weight is 251 g/mol. The van der Waals surface area contributed by atoms with Gasteiger partial charge >= 0.3 is 6.09 Å². The second-order valence-corrected chi connectivity index (χ2v) is 3.86. The number of nitrogens with zero attached hydrogens (tertiary/aromatic N) is 2. The van der Waals surface area contributed by atoms with E-state index in [2.05, 4.69) is 15.3 Å². The maximum atomic E-state index is 11.3. The van der Waals surface area contributed by atoms with E-state index in [9.17, 15) is 4.79 Å². The normalized spacial score (nSPS) is 10.9. The third kappa shape index (κ3) is 3.97. The quantitative estimate of drug-likeness (QED) is 0.487. The molecule has 0 saturated heterocycles. The first-order valence-corrected chi connectivity index (χ1v) is 5.43. The summed E-state index contributed by atoms with van der Waals surface area (Å²) in [5.74, 6) is 0. The minimum atomic E-state index is -0.581. The Morgan fingerprint density at radius 2 is 2.28 bits per heavy atom. The van der Waals surface area contributed by atoms with E-state index in [1.807, 2.05) is 31.2 Å². The van der Waals surface area contributed by atoms with Crippen LogP contribution < -0.4 is 10.4 Å². The third-order valence-electron chi connectivity index (χ3n) is 2.28. The largest absolute Gasteiger partial charge is 0.452 e. The van der Waals surface area contributed by atoms with Gasteiger partial charge in [-0.15, -0.1) is 0 Å². The zero-order chi connectivity index (χ0) is 13.5. The highest BCUT2D eigenvalue weighted by atomic mass is 16.5. The van der Waals surface area contributed by atoms with Crippen molar-refractivity contribution in [3.05, 3.63) is 29.8 Å². The standard InChI is InChI=1S/C12H17N3O3/c1-9-5-4-6-11(7-9)15(8-10(2)14-17)13-12(16)18-3/h4-7,17H,8H2,1-3H3,(H,13,16)/b14-10+. The number of hydrazine groups is 1. The van der Waals surface area contributed by atoms with E-state index in [1.54, 1.807) is 11.9 Å². The second-order valence-electron chi connectivity index (χ2n) is 3.86. The van der Waals surface area contributed by atoms with Gasteiger partial charge in [0.15, 0.2) is 0 Å². The maximum absolute atomic E-state index is 11.3. The molecule has 0 aliphatic carbocycles. The van der Waals surface area contributed by atoms with Crippen LogP contribution in [0.15, 0.2) is 29.4 Å². The number of hydrogen-bond acceptors (Lipinski definition) is 5. The van der Waals surface area contributed by atoms with Gasteiger partial charge in [0.25, 0.3) is 0 Å². The van der Waals surface area contributed by atoms with Gasteiger partial charge in [-0.25, -0.2) is 10.2 Å². The molecule has 0 unspecified atom stereocenters. The number of carbonyl (C=O) groups excluding carboxylic acids is 1. The molecule has 0 radical (unpaired) electrons. The molecule has 0 fully saturated rings. The van der Waals surface area contributed by atoms with Crippen molar-refractivity contribution in [3.8, 4) is 0 Å². The monoisotopic (exact) mass is 251 g/mol. The maximum Gasteiger partial charge on any atom is 0.425 e. The zero-order valence-electron chi connectivity index (χ0n) is 10.7. The van der Waals surface area contributed by atoms with Crippen LogP contribution in [0.3, 0.4) is 0 Å². The topological polar surface area (TPSA) is 74.2 Å². The summed E-state index contributed by atoms with van der Waals surface area (Å²) in [5, 5.41) is 13.3. The molecule has 0 aliphatic heterocycles. The molecule has 0 aromatic heterocycles. The minimum Gasteiger partial charge on any atom is -0.452 e. The lowest BCUT2D eigenvalue weighted by atomic mass is 10.2. The summed E-state index contributed by atoms with van der Waals surface area (Å²) in [7, 11) is 1.29. The Morgan fingerprint density at radius 3 is 2.83 bits per heavy atom. The summed E-state index contributed by atoms with van der Waals surface area (Å²) in [6.07, 6.45) is -0.581. The highest BCUT2D eigenvalue weighted by Crippen LogP contribution is 2.14. The summed E-state index contributed by atoms with van der Waals surface area (Å²) in [6.45, 7) is 3.86. The van der Waals surface area contributed by atoms with Crippen LogP contribution in [0.5, 0.6) is 0 Å². The summed E-state index contributed by atoms with van der Waals surface area (Å²) < 4.78 is 4.55. The lowest BCUT2D eigenvalue weighted by molar-refractivity contribution is 0.170. The van der Waals surface area contributed by atoms with Crippen LogP contribution in [0.4, 0.5) is 10.5 Å². The molecule has 2 N–H and O–H groups in total. The summed E-state index contributed by atoms with van der Waals surface area (Å²) >= 11 is 0. The van der Waals surface area contributed by atoms with Gasteiger partial charge in [-0.05, 0) is 31.5 Å². The smallest absolute Gasteiger partial charge is 0.425 e. The Kier molecular flexibility index (Phi) is 4.98. The molecule has 0 atom stereocenters. The fourth-order valence-corrected chi connectivity index (χ4v) is 1.41. The molecule has 0 bridgehead atoms. The number of hydrogen-bond donors (Lipinski definition) is 2. The van der Waals surface area contributed by atoms with Gasteiger partial charge in [0.1, 0.15) is 0 Å². The fraction of sp³-hybridized carbons (Fsp3) is 0.333. The van der Waals surface area contributed by atoms with Gasteiger partial charge in [-0.3, -0.25) is 5.01 Å². The van der Waals surface area contributed by atoms with Crippen molar-refractivity contribution in [2.75, 3.05) is 18.7 Å². The number of amides is 1. The van der Waals surface area contributed by atoms with Crippen molar-refractivity contribution < 1.29 is 14.7 Å². The Balaban J connectivity index is 2.92. The minimum absolute atomic E-state index is 0.259. The lowest BCUT2D eigenvalue weighted by Crippen LogP contribution is -2.45. The Labute approximate surface area is 106 Å². The summed E-state index contributed by atoms with van der Waals surface area (Å²) in [6, 6.07) is 7.57. The van der Waals surface area contributed by atoms with Gasteiger partial charge in [0.2, 0.25) is 0 Å². The van der Waals surface area contributed by atoms with Crippen LogP contribution in [-0.2, 0) is 4.74 Å². The predicted molar refractivity (Wildman–Crippen MR) is 69.0 cm³/mol. The zero-order valence-corrected chi connectivity index (χ0v) is 10.7. The van der Waals surface area contributed by atoms with Crippen LogP contribution in [0.1, 0.15) is 12.5 Å². The third-order valence-corrected chi connectivity index (χ3v) is 2.28. The molecule has 6 heteroatoms. The molecular formula is C12H17N3O3. The van der Waals surface area contributed by atoms with Crippen LogP contribution >= 0.6 is 0 Å². The molecule has 1 amide bonds. The fourth-order valence-electron chi connectivity index (χ4n) is 1.41. The van der Waals surface area contributed by atoms with Gasteiger partial charge < -0.3 is 9.94 Å². The predicted octanol–water partition coefficient (Wildman–Crippen LogP) is 1.92. The van der Waals surface area contributed by atoms with Crippen molar-refractivity contribution in [2.45, 2.75) is 13.8 Å². The number of rotatable bonds is 4. The molecule has 0 saturated carbocycles. The average Bonchev–Trinajstić information content (AvgIpc) is 2.37. The number of carbonyl (C=O) groups is 1. The first-order valence-electron chi connectivity index (χ1n) is 5.43. The highest BCUT2D eigenvalue weighted by molar-refractivity contribution is 5.86. The number of anilines is 1. The van der Waals surface area contributed by atoms with Crippen molar-refractivity contribution in [1.82, 2.24) is 5.43 Å². The van der Waals surface area contributed by atoms with E-state index in [0.29, 0.717) is 5.71 Å². The van der Waals surface area contributed by atoms with E-state index in [0.717, 1.165) is 11.3 Å². The summed E-state index contributed by atoms with van der Waals surface area (Å²) in [5.41, 5.74) is 4.86. The molecule has 0 spiro atoms. The molecule has 1 rings (SSSR count). The Hall–Kier alpha value is -2.24. The van der Waals surface area contributed by atoms with Gasteiger partial charge in [0.05, 0.1) is 25.1 Å². The van der Waals surface area contributed by atoms with E-state index in [1.165, 1.54) is 7.11 Å². The van der Waals surface area contributed by atoms with Crippen molar-refractivity contribution in [1.29, 1.82) is 0 Å². The van der Waals surface area contributed by atoms with E-state index in [4.69, 9.17) is 5.21 Å². The number of benzene rings is 1. The van der Waals surface area contributed by atoms with Crippen LogP contribution in [0.25, 0.3) is 0 Å². The highest BCUT2D eigenvalue weighted by Gasteiger charge is 2.11. The Bertz CT molecular complexity index is 446. The molecule has 0 heterocycles. The van der Waals surface area contributed by atoms with Crippen LogP contribution in [0, 0.1) is 6.92 Å². The number of ether oxygens (including phenoxy) is 1. The molecule has 1 aromatic rings. The summed E-state index contributed by atoms with van der Waals surface area (Å²) in [4.78, 5) is 11.3. The van der Waals surface area contributed by atoms with Crippen LogP contribution in [0.2, 0.25) is 0 Å². The van der Waals surface area contributed by atoms with Gasteiger partial charge in [-0.1, -0.05) is 17.3 Å². The van der Waals surface area contributed by atoms with Gasteiger partial charge in [0, 0.05) is 0 Å². The van der Waals surface area contributed by atoms with E-state index in [-0.39, 0.29) is 6.54 Å². The molecule has 6 nitrogen and oxygen atoms in total. The SMILES string of the molecule is COC(=O)NN(C/C(C)=N/O)c1cccc(C)c1. The molecule has 0 aliphatic rings. The molecule has 18 heavy (non-hydrogen) atoms. The van der Waals surface area contributed by atoms with Crippen molar-refractivity contribution >= 4 is 17.5 Å².